The Morgan fingerprint density at radius 3 is 2.59 bits per heavy atom. The van der Waals surface area contributed by atoms with Gasteiger partial charge in [-0.25, -0.2) is 4.68 Å². The Hall–Kier alpha value is -3.85. The Morgan fingerprint density at radius 1 is 1.12 bits per heavy atom. The van der Waals surface area contributed by atoms with Gasteiger partial charge in [-0.3, -0.25) is 9.36 Å². The number of amides is 1. The van der Waals surface area contributed by atoms with E-state index in [-0.39, 0.29) is 11.7 Å². The van der Waals surface area contributed by atoms with Crippen LogP contribution in [0.5, 0.6) is 5.75 Å². The molecule has 0 radical (unpaired) electrons. The van der Waals surface area contributed by atoms with E-state index in [1.165, 1.54) is 11.8 Å². The second-order valence-corrected chi connectivity index (χ2v) is 8.48. The Morgan fingerprint density at radius 2 is 1.85 bits per heavy atom. The first-order valence-electron chi connectivity index (χ1n) is 10.7. The number of allylic oxidation sites excluding steroid dienone is 1. The number of methoxy groups -OCH3 is 1. The van der Waals surface area contributed by atoms with E-state index in [1.54, 1.807) is 13.2 Å². The largest absolute Gasteiger partial charge is 0.496 e. The van der Waals surface area contributed by atoms with E-state index in [2.05, 4.69) is 27.2 Å². The number of anilines is 1. The van der Waals surface area contributed by atoms with Crippen LogP contribution in [0.15, 0.2) is 72.4 Å². The zero-order valence-electron chi connectivity index (χ0n) is 19.4. The fourth-order valence-corrected chi connectivity index (χ4v) is 4.42. The van der Waals surface area contributed by atoms with Crippen LogP contribution in [0.25, 0.3) is 17.1 Å². The van der Waals surface area contributed by atoms with Gasteiger partial charge in [-0.15, -0.1) is 16.8 Å². The van der Waals surface area contributed by atoms with Gasteiger partial charge in [-0.05, 0) is 38.1 Å². The molecule has 1 amide bonds. The van der Waals surface area contributed by atoms with Gasteiger partial charge in [-0.1, -0.05) is 48.2 Å². The molecule has 1 N–H and O–H groups in total. The third-order valence-electron chi connectivity index (χ3n) is 5.27. The standard InChI is InChI=1S/C25H26N6O2S/c1-5-15-30-24(20-13-9-10-14-21(20)33-4)27-28-25(30)34-16-22(32)26-23-17(2)29-31(18(23)3)19-11-7-6-8-12-19/h5-14H,1,15-16H2,2-4H3,(H,26,32). The summed E-state index contributed by atoms with van der Waals surface area (Å²) in [5, 5.41) is 16.9. The van der Waals surface area contributed by atoms with E-state index in [0.29, 0.717) is 23.3 Å². The molecular formula is C25H26N6O2S. The number of carbonyl (C=O) groups excluding carboxylic acids is 1. The minimum absolute atomic E-state index is 0.143. The van der Waals surface area contributed by atoms with E-state index < -0.39 is 0 Å². The SMILES string of the molecule is C=CCn1c(SCC(=O)Nc2c(C)nn(-c3ccccc3)c2C)nnc1-c1ccccc1OC. The minimum atomic E-state index is -0.143. The van der Waals surface area contributed by atoms with Crippen molar-refractivity contribution >= 4 is 23.4 Å². The molecule has 2 aromatic heterocycles. The Labute approximate surface area is 202 Å². The van der Waals surface area contributed by atoms with Crippen molar-refractivity contribution in [3.05, 3.63) is 78.6 Å². The predicted molar refractivity (Wildman–Crippen MR) is 135 cm³/mol. The number of para-hydroxylation sites is 2. The summed E-state index contributed by atoms with van der Waals surface area (Å²) in [7, 11) is 1.62. The summed E-state index contributed by atoms with van der Waals surface area (Å²) < 4.78 is 9.23. The highest BCUT2D eigenvalue weighted by Crippen LogP contribution is 2.31. The maximum Gasteiger partial charge on any atom is 0.234 e. The van der Waals surface area contributed by atoms with Gasteiger partial charge in [0.2, 0.25) is 5.91 Å². The van der Waals surface area contributed by atoms with E-state index in [4.69, 9.17) is 4.74 Å². The number of ether oxygens (including phenoxy) is 1. The van der Waals surface area contributed by atoms with Crippen molar-refractivity contribution in [2.75, 3.05) is 18.2 Å². The fourth-order valence-electron chi connectivity index (χ4n) is 3.67. The van der Waals surface area contributed by atoms with Crippen LogP contribution in [0.4, 0.5) is 5.69 Å². The van der Waals surface area contributed by atoms with Gasteiger partial charge in [0.05, 0.1) is 41.2 Å². The van der Waals surface area contributed by atoms with Crippen LogP contribution in [0.1, 0.15) is 11.4 Å². The molecule has 0 aliphatic carbocycles. The van der Waals surface area contributed by atoms with Crippen LogP contribution in [-0.2, 0) is 11.3 Å². The molecule has 174 valence electrons. The van der Waals surface area contributed by atoms with E-state index in [9.17, 15) is 4.79 Å². The number of thioether (sulfide) groups is 1. The molecule has 34 heavy (non-hydrogen) atoms. The van der Waals surface area contributed by atoms with Crippen LogP contribution < -0.4 is 10.1 Å². The summed E-state index contributed by atoms with van der Waals surface area (Å²) in [5.74, 6) is 1.40. The molecule has 0 saturated heterocycles. The summed E-state index contributed by atoms with van der Waals surface area (Å²) in [5.41, 5.74) is 4.12. The van der Waals surface area contributed by atoms with Crippen molar-refractivity contribution in [2.24, 2.45) is 0 Å². The van der Waals surface area contributed by atoms with Crippen LogP contribution in [-0.4, -0.2) is 43.3 Å². The van der Waals surface area contributed by atoms with Crippen LogP contribution in [0.2, 0.25) is 0 Å². The molecule has 0 unspecified atom stereocenters. The number of aromatic nitrogens is 5. The molecule has 0 saturated carbocycles. The quantitative estimate of drug-likeness (QED) is 0.280. The number of rotatable bonds is 9. The van der Waals surface area contributed by atoms with Crippen molar-refractivity contribution < 1.29 is 9.53 Å². The molecule has 0 bridgehead atoms. The fraction of sp³-hybridized carbons (Fsp3) is 0.200. The molecule has 9 heteroatoms. The van der Waals surface area contributed by atoms with Gasteiger partial charge >= 0.3 is 0 Å². The summed E-state index contributed by atoms with van der Waals surface area (Å²) in [6.07, 6.45) is 1.77. The smallest absolute Gasteiger partial charge is 0.234 e. The normalized spacial score (nSPS) is 10.8. The molecule has 8 nitrogen and oxygen atoms in total. The summed E-state index contributed by atoms with van der Waals surface area (Å²) in [6, 6.07) is 17.5. The van der Waals surface area contributed by atoms with Crippen molar-refractivity contribution in [1.29, 1.82) is 0 Å². The van der Waals surface area contributed by atoms with Crippen molar-refractivity contribution in [2.45, 2.75) is 25.5 Å². The molecule has 0 aliphatic rings. The molecule has 0 aliphatic heterocycles. The average molecular weight is 475 g/mol. The monoisotopic (exact) mass is 474 g/mol. The topological polar surface area (TPSA) is 86.9 Å². The first-order valence-corrected chi connectivity index (χ1v) is 11.7. The number of carbonyl (C=O) groups is 1. The lowest BCUT2D eigenvalue weighted by atomic mass is 10.2. The van der Waals surface area contributed by atoms with Gasteiger partial charge in [0.15, 0.2) is 11.0 Å². The number of nitrogens with zero attached hydrogens (tertiary/aromatic N) is 5. The highest BCUT2D eigenvalue weighted by atomic mass is 32.2. The van der Waals surface area contributed by atoms with Gasteiger partial charge in [0.1, 0.15) is 5.75 Å². The van der Waals surface area contributed by atoms with Gasteiger partial charge in [-0.2, -0.15) is 5.10 Å². The lowest BCUT2D eigenvalue weighted by Crippen LogP contribution is -2.16. The molecule has 0 spiro atoms. The van der Waals surface area contributed by atoms with Crippen LogP contribution in [0.3, 0.4) is 0 Å². The number of aryl methyl sites for hydroxylation is 1. The predicted octanol–water partition coefficient (Wildman–Crippen LogP) is 4.67. The molecule has 4 aromatic rings. The maximum absolute atomic E-state index is 12.8. The number of nitrogens with one attached hydrogen (secondary N) is 1. The first kappa shape index (κ1) is 23.3. The zero-order chi connectivity index (χ0) is 24.1. The van der Waals surface area contributed by atoms with E-state index in [1.807, 2.05) is 77.7 Å². The van der Waals surface area contributed by atoms with Crippen molar-refractivity contribution in [3.8, 4) is 22.8 Å². The average Bonchev–Trinajstić information content (AvgIpc) is 3.39. The summed E-state index contributed by atoms with van der Waals surface area (Å²) in [4.78, 5) is 12.8. The van der Waals surface area contributed by atoms with E-state index in [0.717, 1.165) is 28.3 Å². The van der Waals surface area contributed by atoms with Crippen molar-refractivity contribution in [1.82, 2.24) is 24.5 Å². The maximum atomic E-state index is 12.8. The first-order chi connectivity index (χ1) is 16.5. The molecule has 4 rings (SSSR count). The molecular weight excluding hydrogens is 448 g/mol. The van der Waals surface area contributed by atoms with Gasteiger partial charge in [0, 0.05) is 6.54 Å². The number of benzene rings is 2. The number of hydrogen-bond donors (Lipinski definition) is 1. The number of hydrogen-bond acceptors (Lipinski definition) is 6. The van der Waals surface area contributed by atoms with Crippen LogP contribution in [0, 0.1) is 13.8 Å². The summed E-state index contributed by atoms with van der Waals surface area (Å²) in [6.45, 7) is 8.18. The lowest BCUT2D eigenvalue weighted by Gasteiger charge is -2.11. The highest BCUT2D eigenvalue weighted by Gasteiger charge is 2.19. The molecule has 0 atom stereocenters. The second-order valence-electron chi connectivity index (χ2n) is 7.54. The molecule has 2 aromatic carbocycles. The highest BCUT2D eigenvalue weighted by molar-refractivity contribution is 7.99. The lowest BCUT2D eigenvalue weighted by molar-refractivity contribution is -0.113. The summed E-state index contributed by atoms with van der Waals surface area (Å²) >= 11 is 1.32. The van der Waals surface area contributed by atoms with Gasteiger partial charge in [0.25, 0.3) is 0 Å². The van der Waals surface area contributed by atoms with Crippen LogP contribution >= 0.6 is 11.8 Å². The second kappa shape index (κ2) is 10.4. The third kappa shape index (κ3) is 4.74. The van der Waals surface area contributed by atoms with Gasteiger partial charge < -0.3 is 10.1 Å². The zero-order valence-corrected chi connectivity index (χ0v) is 20.2. The molecule has 0 fully saturated rings. The minimum Gasteiger partial charge on any atom is -0.496 e. The Kier molecular flexibility index (Phi) is 7.12. The third-order valence-corrected chi connectivity index (χ3v) is 6.23. The Balaban J connectivity index is 1.50. The molecule has 2 heterocycles. The Bertz CT molecular complexity index is 1310. The van der Waals surface area contributed by atoms with E-state index >= 15 is 0 Å². The van der Waals surface area contributed by atoms with Crippen molar-refractivity contribution in [3.63, 3.8) is 0 Å².